The Morgan fingerprint density at radius 3 is 1.78 bits per heavy atom. The van der Waals surface area contributed by atoms with E-state index in [4.69, 9.17) is 0 Å². The van der Waals surface area contributed by atoms with E-state index in [1.54, 1.807) is 6.92 Å². The van der Waals surface area contributed by atoms with Gasteiger partial charge in [-0.1, -0.05) is 19.3 Å². The van der Waals surface area contributed by atoms with Gasteiger partial charge in [-0.25, -0.2) is 0 Å². The van der Waals surface area contributed by atoms with Crippen molar-refractivity contribution in [2.24, 2.45) is 0 Å². The van der Waals surface area contributed by atoms with Crippen molar-refractivity contribution in [2.45, 2.75) is 32.2 Å². The number of rotatable bonds is 1. The zero-order valence-electron chi connectivity index (χ0n) is 6.35. The minimum atomic E-state index is 0. The fourth-order valence-corrected chi connectivity index (χ4v) is 0.645. The van der Waals surface area contributed by atoms with Crippen LogP contribution in [0, 0.1) is 38.0 Å². The molecule has 1 fully saturated rings. The smallest absolute Gasteiger partial charge is 0.662 e. The predicted molar refractivity (Wildman–Crippen MR) is 38.0 cm³/mol. The summed E-state index contributed by atoms with van der Waals surface area (Å²) in [5, 5.41) is 4.09. The maximum atomic E-state index is 4.09. The molecule has 0 aromatic heterocycles. The largest absolute Gasteiger partial charge is 2.00 e. The van der Waals surface area contributed by atoms with Crippen LogP contribution in [0.25, 0.3) is 5.32 Å². The van der Waals surface area contributed by atoms with E-state index in [2.05, 4.69) is 12.2 Å². The summed E-state index contributed by atoms with van der Waals surface area (Å²) in [6, 6.07) is 0.741. The molecule has 0 heterocycles. The molecule has 2 heteroatoms. The third-order valence-corrected chi connectivity index (χ3v) is 1.44. The van der Waals surface area contributed by atoms with E-state index in [9.17, 15) is 0 Å². The molecule has 1 nitrogen and oxygen atoms in total. The first kappa shape index (κ1) is 12.7. The van der Waals surface area contributed by atoms with Gasteiger partial charge in [0.05, 0.1) is 0 Å². The molecule has 1 rings (SSSR count). The summed E-state index contributed by atoms with van der Waals surface area (Å²) in [6.07, 6.45) is 4.09. The van der Waals surface area contributed by atoms with Crippen LogP contribution < -0.4 is 0 Å². The second-order valence-electron chi connectivity index (χ2n) is 1.84. The van der Waals surface area contributed by atoms with Crippen molar-refractivity contribution in [1.29, 1.82) is 0 Å². The number of hydrogen-bond donors (Lipinski definition) is 0. The third kappa shape index (κ3) is 5.46. The van der Waals surface area contributed by atoms with Crippen LogP contribution in [-0.2, 0) is 0 Å². The summed E-state index contributed by atoms with van der Waals surface area (Å²) >= 11 is 0. The van der Waals surface area contributed by atoms with E-state index in [-0.39, 0.29) is 31.1 Å². The average Bonchev–Trinajstić information content (AvgIpc) is 1.69. The van der Waals surface area contributed by atoms with Gasteiger partial charge < -0.3 is 12.2 Å². The maximum Gasteiger partial charge on any atom is 2.00 e. The summed E-state index contributed by atoms with van der Waals surface area (Å²) in [5.74, 6) is 0. The maximum absolute atomic E-state index is 4.09. The molecule has 1 aliphatic rings. The van der Waals surface area contributed by atoms with E-state index in [0.29, 0.717) is 0 Å². The molecule has 0 aromatic carbocycles. The van der Waals surface area contributed by atoms with Crippen molar-refractivity contribution in [3.05, 3.63) is 12.2 Å². The molecule has 1 saturated carbocycles. The van der Waals surface area contributed by atoms with Crippen LogP contribution in [0.2, 0.25) is 0 Å². The quantitative estimate of drug-likeness (QED) is 0.644. The van der Waals surface area contributed by atoms with Crippen molar-refractivity contribution < 1.29 is 31.1 Å². The Kier molecular flexibility index (Phi) is 12.7. The zero-order valence-corrected chi connectivity index (χ0v) is 10.5. The molecule has 0 N–H and O–H groups in total. The van der Waals surface area contributed by atoms with Crippen molar-refractivity contribution >= 4 is 0 Å². The summed E-state index contributed by atoms with van der Waals surface area (Å²) in [6.45, 7) is 5.00. The fraction of sp³-hybridized carbons (Fsp3) is 0.857. The summed E-state index contributed by atoms with van der Waals surface area (Å²) in [5.41, 5.74) is 0. The van der Waals surface area contributed by atoms with Gasteiger partial charge in [-0.05, 0) is 0 Å². The van der Waals surface area contributed by atoms with Crippen molar-refractivity contribution in [3.63, 3.8) is 0 Å². The van der Waals surface area contributed by atoms with Gasteiger partial charge in [0.2, 0.25) is 0 Å². The Morgan fingerprint density at radius 1 is 1.33 bits per heavy atom. The summed E-state index contributed by atoms with van der Waals surface area (Å²) < 4.78 is 0. The van der Waals surface area contributed by atoms with Crippen LogP contribution in [0.15, 0.2) is 0 Å². The molecule has 0 atom stereocenters. The molecule has 0 spiro atoms. The monoisotopic (exact) mass is 351 g/mol. The van der Waals surface area contributed by atoms with Crippen LogP contribution in [0.4, 0.5) is 0 Å². The van der Waals surface area contributed by atoms with Gasteiger partial charge in [-0.2, -0.15) is 14.0 Å². The number of nitrogens with zero attached hydrogens (tertiary/aromatic N) is 1. The van der Waals surface area contributed by atoms with Crippen LogP contribution in [0.3, 0.4) is 0 Å². The molecule has 0 aliphatic heterocycles. The van der Waals surface area contributed by atoms with Gasteiger partial charge in [-0.15, -0.1) is 6.04 Å². The van der Waals surface area contributed by atoms with Crippen molar-refractivity contribution in [2.75, 3.05) is 7.05 Å². The first-order valence-corrected chi connectivity index (χ1v) is 3.23. The average molecular weight is 351 g/mol. The van der Waals surface area contributed by atoms with Crippen LogP contribution >= 0.6 is 0 Å². The zero-order chi connectivity index (χ0) is 6.41. The van der Waals surface area contributed by atoms with E-state index in [1.165, 1.54) is 19.3 Å². The van der Waals surface area contributed by atoms with Gasteiger partial charge in [-0.3, -0.25) is 0 Å². The molecule has 0 unspecified atom stereocenters. The third-order valence-electron chi connectivity index (χ3n) is 1.44. The standard InChI is InChI=1S/C5H10N.C2H5.U/c1-6-5-3-2-4-5;1-2;/h5H,2-4H2,1H3;1H2,2H3;/q2*-1;+2. The molecule has 0 saturated heterocycles. The molecule has 0 aromatic rings. The van der Waals surface area contributed by atoms with Gasteiger partial charge in [0, 0.05) is 0 Å². The van der Waals surface area contributed by atoms with Gasteiger partial charge in [0.15, 0.2) is 0 Å². The Labute approximate surface area is 82.4 Å². The first-order chi connectivity index (χ1) is 3.93. The Morgan fingerprint density at radius 2 is 1.78 bits per heavy atom. The molecule has 52 valence electrons. The van der Waals surface area contributed by atoms with Crippen LogP contribution in [-0.4, -0.2) is 13.1 Å². The summed E-state index contributed by atoms with van der Waals surface area (Å²) in [7, 11) is 1.91. The van der Waals surface area contributed by atoms with E-state index >= 15 is 0 Å². The molecule has 0 bridgehead atoms. The topological polar surface area (TPSA) is 14.1 Å². The SMILES string of the molecule is C[N-]C1CCC1.[CH2-]C.[U+2]. The minimum Gasteiger partial charge on any atom is -0.662 e. The van der Waals surface area contributed by atoms with E-state index in [0.717, 1.165) is 6.04 Å². The van der Waals surface area contributed by atoms with Gasteiger partial charge >= 0.3 is 31.1 Å². The Balaban J connectivity index is 0. The molecule has 0 amide bonds. The second kappa shape index (κ2) is 9.01. The molecule has 9 heavy (non-hydrogen) atoms. The minimum absolute atomic E-state index is 0. The predicted octanol–water partition coefficient (Wildman–Crippen LogP) is 2.38. The first-order valence-electron chi connectivity index (χ1n) is 3.23. The normalized spacial score (nSPS) is 16.3. The summed E-state index contributed by atoms with van der Waals surface area (Å²) in [4.78, 5) is 0. The fourth-order valence-electron chi connectivity index (χ4n) is 0.645. The van der Waals surface area contributed by atoms with Gasteiger partial charge in [0.1, 0.15) is 0 Å². The van der Waals surface area contributed by atoms with Gasteiger partial charge in [0.25, 0.3) is 0 Å². The molecule has 0 radical (unpaired) electrons. The molecular formula is C7H15NU. The van der Waals surface area contributed by atoms with Crippen molar-refractivity contribution in [3.8, 4) is 0 Å². The number of hydrogen-bond acceptors (Lipinski definition) is 0. The molecular weight excluding hydrogens is 336 g/mol. The van der Waals surface area contributed by atoms with Crippen LogP contribution in [0.1, 0.15) is 26.2 Å². The molecule has 1 aliphatic carbocycles. The Bertz CT molecular complexity index is 41.4. The second-order valence-corrected chi connectivity index (χ2v) is 1.84. The van der Waals surface area contributed by atoms with Crippen LogP contribution in [0.5, 0.6) is 0 Å². The van der Waals surface area contributed by atoms with E-state index in [1.807, 2.05) is 7.05 Å². The van der Waals surface area contributed by atoms with Crippen molar-refractivity contribution in [1.82, 2.24) is 0 Å². The Hall–Kier alpha value is 1.01. The van der Waals surface area contributed by atoms with E-state index < -0.39 is 0 Å².